The number of halogens is 1. The van der Waals surface area contributed by atoms with Crippen LogP contribution in [0.3, 0.4) is 0 Å². The van der Waals surface area contributed by atoms with Crippen LogP contribution in [0.25, 0.3) is 11.1 Å². The van der Waals surface area contributed by atoms with Gasteiger partial charge in [-0.3, -0.25) is 4.79 Å². The number of carbonyl (C=O) groups is 1. The molecule has 0 fully saturated rings. The standard InChI is InChI=1S/C18H20ClN5O6S/c19-14-7-3-12(4-8-14)13-5-9-15(10-6-13)31(29,30)23-16(17(25)26)2-1-11-21-18(20)22-24(27)28/h3-10,16,23H,1-2,11H2,(H4-,20,21,22,25,26,27,28)/p+1/t16-/m0/s1. The summed E-state index contributed by atoms with van der Waals surface area (Å²) in [5.74, 6) is -1.72. The molecule has 11 nitrogen and oxygen atoms in total. The molecule has 6 N–H and O–H groups in total. The number of aliphatic carboxylic acids is 1. The molecule has 2 aromatic rings. The minimum atomic E-state index is -4.09. The number of hydrazine groups is 1. The fourth-order valence-electron chi connectivity index (χ4n) is 2.59. The fourth-order valence-corrected chi connectivity index (χ4v) is 3.93. The van der Waals surface area contributed by atoms with Gasteiger partial charge >= 0.3 is 11.0 Å². The Bertz CT molecular complexity index is 1060. The highest BCUT2D eigenvalue weighted by Gasteiger charge is 2.25. The van der Waals surface area contributed by atoms with E-state index in [0.717, 1.165) is 11.1 Å². The van der Waals surface area contributed by atoms with Gasteiger partial charge in [0.1, 0.15) is 10.9 Å². The first-order valence-electron chi connectivity index (χ1n) is 8.92. The van der Waals surface area contributed by atoms with Crippen molar-refractivity contribution in [3.05, 3.63) is 58.5 Å². The Morgan fingerprint density at radius 2 is 1.68 bits per heavy atom. The predicted octanol–water partition coefficient (Wildman–Crippen LogP) is 1.51. The van der Waals surface area contributed by atoms with Crippen LogP contribution in [0.5, 0.6) is 0 Å². The van der Waals surface area contributed by atoms with Crippen molar-refractivity contribution < 1.29 is 28.6 Å². The summed E-state index contributed by atoms with van der Waals surface area (Å²) >= 11 is 5.86. The highest BCUT2D eigenvalue weighted by molar-refractivity contribution is 7.89. The average Bonchev–Trinajstić information content (AvgIpc) is 2.70. The number of sulfonamides is 1. The number of rotatable bonds is 10. The van der Waals surface area contributed by atoms with E-state index >= 15 is 0 Å². The molecule has 0 radical (unpaired) electrons. The van der Waals surface area contributed by atoms with Crippen molar-refractivity contribution in [3.8, 4) is 11.1 Å². The zero-order valence-electron chi connectivity index (χ0n) is 16.1. The summed E-state index contributed by atoms with van der Waals surface area (Å²) in [4.78, 5) is 25.4. The number of benzene rings is 2. The molecular formula is C18H21ClN5O6S+. The molecule has 0 amide bonds. The van der Waals surface area contributed by atoms with Crippen LogP contribution in [-0.4, -0.2) is 48.3 Å². The molecule has 0 aliphatic rings. The molecule has 0 bridgehead atoms. The Hall–Kier alpha value is -3.22. The molecule has 0 aliphatic heterocycles. The lowest BCUT2D eigenvalue weighted by Crippen LogP contribution is -2.41. The monoisotopic (exact) mass is 470 g/mol. The lowest BCUT2D eigenvalue weighted by Gasteiger charge is -2.14. The molecule has 0 aliphatic carbocycles. The molecule has 1 atom stereocenters. The topological polar surface area (TPSA) is 174 Å². The van der Waals surface area contributed by atoms with Crippen molar-refractivity contribution in [2.24, 2.45) is 10.7 Å². The average molecular weight is 471 g/mol. The molecular weight excluding hydrogens is 450 g/mol. The Labute approximate surface area is 183 Å². The number of hydrogen-bond acceptors (Lipinski definition) is 5. The minimum absolute atomic E-state index is 0.00791. The largest absolute Gasteiger partial charge is 0.480 e. The van der Waals surface area contributed by atoms with Crippen LogP contribution in [-0.2, 0) is 14.8 Å². The van der Waals surface area contributed by atoms with E-state index in [1.807, 2.05) is 0 Å². The Morgan fingerprint density at radius 1 is 1.13 bits per heavy atom. The first kappa shape index (κ1) is 24.1. The van der Waals surface area contributed by atoms with E-state index in [9.17, 15) is 23.2 Å². The third-order valence-corrected chi connectivity index (χ3v) is 5.82. The van der Waals surface area contributed by atoms with Gasteiger partial charge in [0.05, 0.1) is 4.90 Å². The van der Waals surface area contributed by atoms with Crippen molar-refractivity contribution in [2.75, 3.05) is 6.54 Å². The van der Waals surface area contributed by atoms with Gasteiger partial charge in [0.25, 0.3) is 5.96 Å². The smallest absolute Gasteiger partial charge is 0.362 e. The summed E-state index contributed by atoms with van der Waals surface area (Å²) in [6.45, 7) is 0.00791. The molecule has 0 aromatic heterocycles. The van der Waals surface area contributed by atoms with E-state index in [0.29, 0.717) is 5.02 Å². The molecule has 0 heterocycles. The quantitative estimate of drug-likeness (QED) is 0.150. The van der Waals surface area contributed by atoms with Crippen LogP contribution in [0, 0.1) is 4.91 Å². The second kappa shape index (κ2) is 10.7. The van der Waals surface area contributed by atoms with Gasteiger partial charge in [0.15, 0.2) is 0 Å². The Morgan fingerprint density at radius 3 is 2.19 bits per heavy atom. The highest BCUT2D eigenvalue weighted by atomic mass is 35.5. The summed E-state index contributed by atoms with van der Waals surface area (Å²) in [6.07, 6.45) is 0.0794. The van der Waals surface area contributed by atoms with E-state index in [1.165, 1.54) is 12.1 Å². The Balaban J connectivity index is 2.03. The van der Waals surface area contributed by atoms with E-state index < -0.39 is 27.1 Å². The molecule has 0 unspecified atom stereocenters. The maximum Gasteiger partial charge on any atom is 0.362 e. The summed E-state index contributed by atoms with van der Waals surface area (Å²) in [5.41, 5.74) is 8.67. The maximum absolute atomic E-state index is 12.6. The molecule has 0 saturated carbocycles. The highest BCUT2D eigenvalue weighted by Crippen LogP contribution is 2.23. The number of guanidine groups is 1. The third kappa shape index (κ3) is 7.51. The number of carboxylic acids is 1. The number of nitrogens with two attached hydrogens (primary N) is 1. The van der Waals surface area contributed by atoms with Gasteiger partial charge in [-0.25, -0.2) is 18.6 Å². The van der Waals surface area contributed by atoms with Crippen LogP contribution in [0.2, 0.25) is 5.02 Å². The van der Waals surface area contributed by atoms with Crippen LogP contribution in [0.15, 0.2) is 58.4 Å². The van der Waals surface area contributed by atoms with Gasteiger partial charge in [-0.2, -0.15) is 4.72 Å². The minimum Gasteiger partial charge on any atom is -0.480 e. The van der Waals surface area contributed by atoms with E-state index in [-0.39, 0.29) is 30.2 Å². The summed E-state index contributed by atoms with van der Waals surface area (Å²) < 4.78 is 27.3. The van der Waals surface area contributed by atoms with Gasteiger partial charge < -0.3 is 10.8 Å². The molecule has 2 rings (SSSR count). The van der Waals surface area contributed by atoms with Crippen molar-refractivity contribution in [1.29, 1.82) is 0 Å². The molecule has 166 valence electrons. The zero-order chi connectivity index (χ0) is 23.0. The second-order valence-corrected chi connectivity index (χ2v) is 8.49. The van der Waals surface area contributed by atoms with Crippen molar-refractivity contribution in [2.45, 2.75) is 23.8 Å². The third-order valence-electron chi connectivity index (χ3n) is 4.08. The number of aliphatic imine (C=N–C) groups is 1. The van der Waals surface area contributed by atoms with E-state index in [2.05, 4.69) is 9.71 Å². The number of hydrogen-bond donors (Lipinski definition) is 5. The zero-order valence-corrected chi connectivity index (χ0v) is 17.7. The normalized spacial score (nSPS) is 12.9. The first-order chi connectivity index (χ1) is 14.6. The van der Waals surface area contributed by atoms with Gasteiger partial charge in [-0.1, -0.05) is 35.9 Å². The second-order valence-electron chi connectivity index (χ2n) is 6.34. The predicted molar refractivity (Wildman–Crippen MR) is 113 cm³/mol. The lowest BCUT2D eigenvalue weighted by atomic mass is 10.1. The van der Waals surface area contributed by atoms with Gasteiger partial charge in [0, 0.05) is 11.6 Å². The van der Waals surface area contributed by atoms with Crippen molar-refractivity contribution >= 4 is 33.6 Å². The fraction of sp³-hybridized carbons (Fsp3) is 0.222. The molecule has 31 heavy (non-hydrogen) atoms. The summed E-state index contributed by atoms with van der Waals surface area (Å²) in [5, 5.41) is 17.7. The maximum atomic E-state index is 12.6. The number of carboxylic acid groups (broad SMARTS) is 1. The van der Waals surface area contributed by atoms with Gasteiger partial charge in [0.2, 0.25) is 10.0 Å². The van der Waals surface area contributed by atoms with Crippen molar-refractivity contribution in [1.82, 2.24) is 10.1 Å². The van der Waals surface area contributed by atoms with E-state index in [4.69, 9.17) is 22.5 Å². The SMILES string of the molecule is NC(=NCCC[C@H](NS(=O)(=O)c1ccc(-c2ccc(Cl)cc2)cc1)C(=O)O)N[N+](=O)O. The molecule has 13 heteroatoms. The number of nitrogens with zero attached hydrogens (tertiary/aromatic N) is 2. The Kier molecular flexibility index (Phi) is 8.30. The number of nitrogens with one attached hydrogen (secondary N) is 2. The van der Waals surface area contributed by atoms with Crippen LogP contribution in [0.1, 0.15) is 12.8 Å². The summed E-state index contributed by atoms with van der Waals surface area (Å²) in [6, 6.07) is 11.6. The van der Waals surface area contributed by atoms with Gasteiger partial charge in [-0.15, -0.1) is 0 Å². The summed E-state index contributed by atoms with van der Waals surface area (Å²) in [7, 11) is -4.09. The van der Waals surface area contributed by atoms with Crippen LogP contribution < -0.4 is 15.9 Å². The molecule has 0 saturated heterocycles. The van der Waals surface area contributed by atoms with Crippen LogP contribution >= 0.6 is 11.6 Å². The molecule has 2 aromatic carbocycles. The first-order valence-corrected chi connectivity index (χ1v) is 10.8. The lowest BCUT2D eigenvalue weighted by molar-refractivity contribution is -0.822. The van der Waals surface area contributed by atoms with Crippen LogP contribution in [0.4, 0.5) is 0 Å². The van der Waals surface area contributed by atoms with Crippen molar-refractivity contribution in [3.63, 3.8) is 0 Å². The molecule has 0 spiro atoms. The van der Waals surface area contributed by atoms with E-state index in [1.54, 1.807) is 41.8 Å². The van der Waals surface area contributed by atoms with Gasteiger partial charge in [-0.05, 0) is 53.7 Å².